The summed E-state index contributed by atoms with van der Waals surface area (Å²) in [5.41, 5.74) is 6.07. The Morgan fingerprint density at radius 2 is 2.11 bits per heavy atom. The molecule has 18 heavy (non-hydrogen) atoms. The predicted molar refractivity (Wildman–Crippen MR) is 71.4 cm³/mol. The first-order valence-electron chi connectivity index (χ1n) is 5.39. The number of sulfonamides is 1. The number of hydrogen-bond donors (Lipinski definition) is 3. The number of anilines is 1. The molecular weight excluding hydrogens is 254 g/mol. The molecule has 0 unspecified atom stereocenters. The van der Waals surface area contributed by atoms with Crippen LogP contribution >= 0.6 is 0 Å². The molecule has 0 aliphatic heterocycles. The van der Waals surface area contributed by atoms with Gasteiger partial charge in [-0.15, -0.1) is 0 Å². The van der Waals surface area contributed by atoms with E-state index in [1.807, 2.05) is 0 Å². The number of amidine groups is 1. The zero-order chi connectivity index (χ0) is 13.6. The molecule has 1 rings (SSSR count). The molecule has 0 spiro atoms. The fourth-order valence-corrected chi connectivity index (χ4v) is 2.53. The molecule has 0 bridgehead atoms. The smallest absolute Gasteiger partial charge is 0.232 e. The number of nitrogens with one attached hydrogen (secondary N) is 2. The average molecular weight is 271 g/mol. The highest BCUT2D eigenvalue weighted by molar-refractivity contribution is 7.92. The number of nitrogens with two attached hydrogens (primary N) is 1. The Hall–Kier alpha value is -1.60. The molecule has 100 valence electrons. The summed E-state index contributed by atoms with van der Waals surface area (Å²) in [5.74, 6) is -0.210. The topological polar surface area (TPSA) is 105 Å². The Bertz CT molecular complexity index is 514. The van der Waals surface area contributed by atoms with Gasteiger partial charge in [-0.05, 0) is 18.6 Å². The van der Waals surface area contributed by atoms with Gasteiger partial charge in [0.2, 0.25) is 10.0 Å². The molecule has 0 fully saturated rings. The van der Waals surface area contributed by atoms with Crippen LogP contribution in [0.4, 0.5) is 5.69 Å². The van der Waals surface area contributed by atoms with Crippen molar-refractivity contribution >= 4 is 21.5 Å². The standard InChI is InChI=1S/C11H17N3O3S/c1-17-7-4-8-18(15,16)14-10-6-3-2-5-9(10)11(12)13/h2-3,5-6,14H,4,7-8H2,1H3,(H3,12,13). The van der Waals surface area contributed by atoms with Gasteiger partial charge in [-0.3, -0.25) is 10.1 Å². The second kappa shape index (κ2) is 6.36. The summed E-state index contributed by atoms with van der Waals surface area (Å²) < 4.78 is 30.8. The SMILES string of the molecule is COCCCS(=O)(=O)Nc1ccccc1C(=N)N. The van der Waals surface area contributed by atoms with Crippen molar-refractivity contribution in [2.24, 2.45) is 5.73 Å². The van der Waals surface area contributed by atoms with Gasteiger partial charge in [0.05, 0.1) is 11.4 Å². The van der Waals surface area contributed by atoms with Crippen LogP contribution in [0.5, 0.6) is 0 Å². The Morgan fingerprint density at radius 3 is 2.72 bits per heavy atom. The number of hydrogen-bond acceptors (Lipinski definition) is 4. The molecule has 0 aliphatic carbocycles. The number of benzene rings is 1. The highest BCUT2D eigenvalue weighted by Gasteiger charge is 2.13. The molecule has 0 aromatic heterocycles. The number of methoxy groups -OCH3 is 1. The molecule has 0 heterocycles. The Kier molecular flexibility index (Phi) is 5.11. The molecule has 0 saturated carbocycles. The van der Waals surface area contributed by atoms with E-state index in [0.29, 0.717) is 24.3 Å². The summed E-state index contributed by atoms with van der Waals surface area (Å²) >= 11 is 0. The number of rotatable bonds is 7. The van der Waals surface area contributed by atoms with Crippen molar-refractivity contribution in [2.45, 2.75) is 6.42 Å². The largest absolute Gasteiger partial charge is 0.385 e. The van der Waals surface area contributed by atoms with Gasteiger partial charge in [-0.1, -0.05) is 12.1 Å². The van der Waals surface area contributed by atoms with E-state index in [4.69, 9.17) is 15.9 Å². The summed E-state index contributed by atoms with van der Waals surface area (Å²) in [7, 11) is -1.93. The van der Waals surface area contributed by atoms with Crippen molar-refractivity contribution in [1.82, 2.24) is 0 Å². The van der Waals surface area contributed by atoms with Crippen molar-refractivity contribution in [1.29, 1.82) is 5.41 Å². The average Bonchev–Trinajstić information content (AvgIpc) is 2.29. The number of para-hydroxylation sites is 1. The first kappa shape index (κ1) is 14.5. The lowest BCUT2D eigenvalue weighted by atomic mass is 10.2. The zero-order valence-electron chi connectivity index (χ0n) is 10.1. The van der Waals surface area contributed by atoms with E-state index in [1.165, 1.54) is 7.11 Å². The third-order valence-corrected chi connectivity index (χ3v) is 3.60. The quantitative estimate of drug-likeness (QED) is 0.386. The maximum absolute atomic E-state index is 11.8. The minimum Gasteiger partial charge on any atom is -0.385 e. The van der Waals surface area contributed by atoms with Gasteiger partial charge in [0.15, 0.2) is 0 Å². The van der Waals surface area contributed by atoms with Crippen LogP contribution in [-0.4, -0.2) is 33.7 Å². The van der Waals surface area contributed by atoms with Crippen molar-refractivity contribution < 1.29 is 13.2 Å². The van der Waals surface area contributed by atoms with Crippen LogP contribution in [0.25, 0.3) is 0 Å². The molecule has 1 aromatic carbocycles. The summed E-state index contributed by atoms with van der Waals surface area (Å²) in [6.45, 7) is 0.384. The monoisotopic (exact) mass is 271 g/mol. The summed E-state index contributed by atoms with van der Waals surface area (Å²) in [6.07, 6.45) is 0.411. The van der Waals surface area contributed by atoms with Crippen LogP contribution in [-0.2, 0) is 14.8 Å². The Balaban J connectivity index is 2.81. The van der Waals surface area contributed by atoms with Crippen molar-refractivity contribution in [3.63, 3.8) is 0 Å². The summed E-state index contributed by atoms with van der Waals surface area (Å²) in [6, 6.07) is 6.54. The lowest BCUT2D eigenvalue weighted by Crippen LogP contribution is -2.21. The zero-order valence-corrected chi connectivity index (χ0v) is 11.0. The Morgan fingerprint density at radius 1 is 1.44 bits per heavy atom. The molecule has 0 saturated heterocycles. The van der Waals surface area contributed by atoms with Gasteiger partial charge in [0.1, 0.15) is 5.84 Å². The molecule has 0 aliphatic rings. The predicted octanol–water partition coefficient (Wildman–Crippen LogP) is 0.749. The third kappa shape index (κ3) is 4.34. The second-order valence-corrected chi connectivity index (χ2v) is 5.57. The van der Waals surface area contributed by atoms with E-state index in [-0.39, 0.29) is 11.6 Å². The van der Waals surface area contributed by atoms with E-state index < -0.39 is 10.0 Å². The number of ether oxygens (including phenoxy) is 1. The van der Waals surface area contributed by atoms with Crippen molar-refractivity contribution in [3.8, 4) is 0 Å². The molecule has 0 amide bonds. The van der Waals surface area contributed by atoms with Gasteiger partial charge in [0.25, 0.3) is 0 Å². The van der Waals surface area contributed by atoms with Gasteiger partial charge >= 0.3 is 0 Å². The van der Waals surface area contributed by atoms with Crippen LogP contribution in [0.2, 0.25) is 0 Å². The van der Waals surface area contributed by atoms with Crippen LogP contribution in [0.3, 0.4) is 0 Å². The fraction of sp³-hybridized carbons (Fsp3) is 0.364. The molecular formula is C11H17N3O3S. The van der Waals surface area contributed by atoms with Gasteiger partial charge in [0, 0.05) is 19.3 Å². The summed E-state index contributed by atoms with van der Waals surface area (Å²) in [4.78, 5) is 0. The van der Waals surface area contributed by atoms with E-state index in [9.17, 15) is 8.42 Å². The first-order valence-corrected chi connectivity index (χ1v) is 7.04. The molecule has 4 N–H and O–H groups in total. The van der Waals surface area contributed by atoms with Crippen LogP contribution in [0.1, 0.15) is 12.0 Å². The molecule has 7 heteroatoms. The van der Waals surface area contributed by atoms with E-state index in [0.717, 1.165) is 0 Å². The maximum atomic E-state index is 11.8. The summed E-state index contributed by atoms with van der Waals surface area (Å²) in [5, 5.41) is 7.37. The van der Waals surface area contributed by atoms with Crippen LogP contribution in [0, 0.1) is 5.41 Å². The molecule has 1 aromatic rings. The normalized spacial score (nSPS) is 11.2. The van der Waals surface area contributed by atoms with E-state index in [2.05, 4.69) is 4.72 Å². The Labute approximate surface area is 107 Å². The molecule has 6 nitrogen and oxygen atoms in total. The van der Waals surface area contributed by atoms with Crippen molar-refractivity contribution in [2.75, 3.05) is 24.2 Å². The van der Waals surface area contributed by atoms with Gasteiger partial charge in [-0.2, -0.15) is 0 Å². The highest BCUT2D eigenvalue weighted by Crippen LogP contribution is 2.16. The van der Waals surface area contributed by atoms with Crippen LogP contribution < -0.4 is 10.5 Å². The van der Waals surface area contributed by atoms with Crippen molar-refractivity contribution in [3.05, 3.63) is 29.8 Å². The lowest BCUT2D eigenvalue weighted by molar-refractivity contribution is 0.199. The van der Waals surface area contributed by atoms with Gasteiger partial charge < -0.3 is 10.5 Å². The molecule has 0 atom stereocenters. The third-order valence-electron chi connectivity index (χ3n) is 2.24. The van der Waals surface area contributed by atoms with E-state index in [1.54, 1.807) is 24.3 Å². The van der Waals surface area contributed by atoms with Gasteiger partial charge in [-0.25, -0.2) is 8.42 Å². The minimum atomic E-state index is -3.45. The first-order chi connectivity index (χ1) is 8.46. The van der Waals surface area contributed by atoms with E-state index >= 15 is 0 Å². The second-order valence-electron chi connectivity index (χ2n) is 3.73. The molecule has 0 radical (unpaired) electrons. The van der Waals surface area contributed by atoms with Crippen LogP contribution in [0.15, 0.2) is 24.3 Å². The number of nitrogen functional groups attached to an aromatic ring is 1. The maximum Gasteiger partial charge on any atom is 0.232 e. The lowest BCUT2D eigenvalue weighted by Gasteiger charge is -2.11. The highest BCUT2D eigenvalue weighted by atomic mass is 32.2. The minimum absolute atomic E-state index is 0.0346. The fourth-order valence-electron chi connectivity index (χ4n) is 1.42.